The van der Waals surface area contributed by atoms with Crippen LogP contribution in [-0.2, 0) is 0 Å². The van der Waals surface area contributed by atoms with E-state index < -0.39 is 11.6 Å². The standard InChI is InChI=1S/C10H7BrF2O/c1-14-10-8(12)5-7(3-2-4-11)6-9(10)13/h5-6H,4H2,1H3. The van der Waals surface area contributed by atoms with Crippen LogP contribution in [0.4, 0.5) is 8.78 Å². The molecule has 0 atom stereocenters. The fourth-order valence-corrected chi connectivity index (χ4v) is 1.10. The van der Waals surface area contributed by atoms with Crippen LogP contribution in [0.3, 0.4) is 0 Å². The van der Waals surface area contributed by atoms with Crippen LogP contribution >= 0.6 is 15.9 Å². The summed E-state index contributed by atoms with van der Waals surface area (Å²) in [5, 5.41) is 0.461. The van der Waals surface area contributed by atoms with Crippen molar-refractivity contribution in [2.75, 3.05) is 12.4 Å². The quantitative estimate of drug-likeness (QED) is 0.558. The smallest absolute Gasteiger partial charge is 0.190 e. The van der Waals surface area contributed by atoms with Gasteiger partial charge in [-0.05, 0) is 12.1 Å². The van der Waals surface area contributed by atoms with Crippen LogP contribution in [0.15, 0.2) is 12.1 Å². The van der Waals surface area contributed by atoms with Gasteiger partial charge in [0, 0.05) is 5.56 Å². The Morgan fingerprint density at radius 2 is 1.93 bits per heavy atom. The van der Waals surface area contributed by atoms with Crippen LogP contribution in [0.2, 0.25) is 0 Å². The van der Waals surface area contributed by atoms with Gasteiger partial charge in [-0.1, -0.05) is 27.8 Å². The summed E-state index contributed by atoms with van der Waals surface area (Å²) in [4.78, 5) is 0. The molecule has 0 aliphatic heterocycles. The molecule has 0 N–H and O–H groups in total. The SMILES string of the molecule is COc1c(F)cc(C#CCBr)cc1F. The highest BCUT2D eigenvalue weighted by atomic mass is 79.9. The van der Waals surface area contributed by atoms with E-state index in [0.717, 1.165) is 12.1 Å². The first kappa shape index (κ1) is 11.0. The normalized spacial score (nSPS) is 9.14. The van der Waals surface area contributed by atoms with Gasteiger partial charge in [-0.25, -0.2) is 8.78 Å². The van der Waals surface area contributed by atoms with Crippen molar-refractivity contribution in [3.8, 4) is 17.6 Å². The van der Waals surface area contributed by atoms with Gasteiger partial charge in [0.25, 0.3) is 0 Å². The Morgan fingerprint density at radius 1 is 1.36 bits per heavy atom. The summed E-state index contributed by atoms with van der Waals surface area (Å²) >= 11 is 3.09. The molecule has 0 bridgehead atoms. The minimum absolute atomic E-state index is 0.292. The van der Waals surface area contributed by atoms with Crippen molar-refractivity contribution < 1.29 is 13.5 Å². The van der Waals surface area contributed by atoms with Crippen molar-refractivity contribution >= 4 is 15.9 Å². The second-order valence-electron chi connectivity index (χ2n) is 2.41. The molecule has 0 unspecified atom stereocenters. The third-order valence-electron chi connectivity index (χ3n) is 1.50. The molecular formula is C10H7BrF2O. The highest BCUT2D eigenvalue weighted by Crippen LogP contribution is 2.22. The van der Waals surface area contributed by atoms with Crippen LogP contribution in [0.1, 0.15) is 5.56 Å². The lowest BCUT2D eigenvalue weighted by Crippen LogP contribution is -1.93. The molecule has 0 saturated heterocycles. The third-order valence-corrected chi connectivity index (χ3v) is 1.78. The average Bonchev–Trinajstić information content (AvgIpc) is 2.14. The van der Waals surface area contributed by atoms with E-state index in [4.69, 9.17) is 0 Å². The first-order valence-electron chi connectivity index (χ1n) is 3.77. The fourth-order valence-electron chi connectivity index (χ4n) is 0.963. The third kappa shape index (κ3) is 2.46. The molecule has 0 aromatic heterocycles. The molecule has 0 amide bonds. The van der Waals surface area contributed by atoms with Crippen molar-refractivity contribution in [2.45, 2.75) is 0 Å². The van der Waals surface area contributed by atoms with E-state index in [1.165, 1.54) is 7.11 Å². The summed E-state index contributed by atoms with van der Waals surface area (Å²) in [6.45, 7) is 0. The Labute approximate surface area is 89.2 Å². The number of alkyl halides is 1. The van der Waals surface area contributed by atoms with Crippen molar-refractivity contribution in [3.05, 3.63) is 29.3 Å². The van der Waals surface area contributed by atoms with Gasteiger partial charge in [0.15, 0.2) is 17.4 Å². The lowest BCUT2D eigenvalue weighted by atomic mass is 10.2. The van der Waals surface area contributed by atoms with Crippen LogP contribution < -0.4 is 4.74 Å². The van der Waals surface area contributed by atoms with E-state index in [1.54, 1.807) is 0 Å². The molecule has 1 rings (SSSR count). The van der Waals surface area contributed by atoms with Gasteiger partial charge < -0.3 is 4.74 Å². The molecule has 0 aliphatic carbocycles. The molecular weight excluding hydrogens is 254 g/mol. The molecule has 74 valence electrons. The largest absolute Gasteiger partial charge is 0.491 e. The average molecular weight is 261 g/mol. The van der Waals surface area contributed by atoms with Crippen LogP contribution in [0.5, 0.6) is 5.75 Å². The first-order chi connectivity index (χ1) is 6.69. The number of ether oxygens (including phenoxy) is 1. The number of rotatable bonds is 1. The number of hydrogen-bond acceptors (Lipinski definition) is 1. The lowest BCUT2D eigenvalue weighted by molar-refractivity contribution is 0.359. The zero-order chi connectivity index (χ0) is 10.6. The number of methoxy groups -OCH3 is 1. The topological polar surface area (TPSA) is 9.23 Å². The van der Waals surface area contributed by atoms with E-state index in [9.17, 15) is 8.78 Å². The van der Waals surface area contributed by atoms with E-state index in [-0.39, 0.29) is 5.75 Å². The molecule has 1 nitrogen and oxygen atoms in total. The summed E-state index contributed by atoms with van der Waals surface area (Å²) in [5.74, 6) is 3.38. The first-order valence-corrected chi connectivity index (χ1v) is 4.89. The van der Waals surface area contributed by atoms with Crippen molar-refractivity contribution in [3.63, 3.8) is 0 Å². The Kier molecular flexibility index (Phi) is 3.90. The Balaban J connectivity index is 3.14. The van der Waals surface area contributed by atoms with Crippen LogP contribution in [0, 0.1) is 23.5 Å². The second kappa shape index (κ2) is 4.97. The maximum absolute atomic E-state index is 13.1. The Hall–Kier alpha value is -1.08. The molecule has 0 radical (unpaired) electrons. The van der Waals surface area contributed by atoms with Gasteiger partial charge in [0.1, 0.15) is 0 Å². The molecule has 1 aromatic carbocycles. The van der Waals surface area contributed by atoms with Crippen LogP contribution in [-0.4, -0.2) is 12.4 Å². The Morgan fingerprint density at radius 3 is 2.36 bits per heavy atom. The minimum atomic E-state index is -0.744. The van der Waals surface area contributed by atoms with Gasteiger partial charge in [0.2, 0.25) is 0 Å². The summed E-state index contributed by atoms with van der Waals surface area (Å²) in [5.41, 5.74) is 0.292. The zero-order valence-electron chi connectivity index (χ0n) is 7.40. The summed E-state index contributed by atoms with van der Waals surface area (Å²) in [6.07, 6.45) is 0. The van der Waals surface area contributed by atoms with Crippen LogP contribution in [0.25, 0.3) is 0 Å². The zero-order valence-corrected chi connectivity index (χ0v) is 8.99. The molecule has 14 heavy (non-hydrogen) atoms. The summed E-state index contributed by atoms with van der Waals surface area (Å²) < 4.78 is 30.7. The summed E-state index contributed by atoms with van der Waals surface area (Å²) in [7, 11) is 1.21. The lowest BCUT2D eigenvalue weighted by Gasteiger charge is -2.02. The van der Waals surface area contributed by atoms with Crippen molar-refractivity contribution in [1.29, 1.82) is 0 Å². The monoisotopic (exact) mass is 260 g/mol. The van der Waals surface area contributed by atoms with Gasteiger partial charge in [0.05, 0.1) is 12.4 Å². The fraction of sp³-hybridized carbons (Fsp3) is 0.200. The Bertz CT molecular complexity index is 370. The number of hydrogen-bond donors (Lipinski definition) is 0. The predicted molar refractivity (Wildman–Crippen MR) is 53.6 cm³/mol. The molecule has 4 heteroatoms. The number of benzene rings is 1. The van der Waals surface area contributed by atoms with Crippen molar-refractivity contribution in [2.24, 2.45) is 0 Å². The minimum Gasteiger partial charge on any atom is -0.491 e. The number of halogens is 3. The van der Waals surface area contributed by atoms with Crippen molar-refractivity contribution in [1.82, 2.24) is 0 Å². The molecule has 0 aliphatic rings. The van der Waals surface area contributed by atoms with Gasteiger partial charge in [-0.15, -0.1) is 0 Å². The van der Waals surface area contributed by atoms with Gasteiger partial charge in [-0.2, -0.15) is 0 Å². The molecule has 0 spiro atoms. The molecule has 0 fully saturated rings. The molecule has 0 saturated carbocycles. The highest BCUT2D eigenvalue weighted by molar-refractivity contribution is 9.09. The highest BCUT2D eigenvalue weighted by Gasteiger charge is 2.09. The second-order valence-corrected chi connectivity index (χ2v) is 2.97. The van der Waals surface area contributed by atoms with Gasteiger partial charge in [-0.3, -0.25) is 0 Å². The molecule has 1 aromatic rings. The van der Waals surface area contributed by atoms with E-state index in [0.29, 0.717) is 10.9 Å². The van der Waals surface area contributed by atoms with Gasteiger partial charge >= 0.3 is 0 Å². The predicted octanol–water partition coefficient (Wildman–Crippen LogP) is 2.72. The molecule has 0 heterocycles. The maximum Gasteiger partial charge on any atom is 0.190 e. The van der Waals surface area contributed by atoms with E-state index in [1.807, 2.05) is 0 Å². The maximum atomic E-state index is 13.1. The summed E-state index contributed by atoms with van der Waals surface area (Å²) in [6, 6.07) is 2.27. The van der Waals surface area contributed by atoms with E-state index in [2.05, 4.69) is 32.5 Å². The van der Waals surface area contributed by atoms with E-state index >= 15 is 0 Å².